The van der Waals surface area contributed by atoms with Crippen molar-refractivity contribution in [2.24, 2.45) is 0 Å². The Kier molecular flexibility index (Phi) is 8.11. The molecule has 2 aliphatic rings. The molecule has 0 radical (unpaired) electrons. The molecule has 200 valence electrons. The van der Waals surface area contributed by atoms with Crippen LogP contribution in [0.1, 0.15) is 38.8 Å². The predicted molar refractivity (Wildman–Crippen MR) is 137 cm³/mol. The molecular weight excluding hydrogens is 479 g/mol. The zero-order valence-electron chi connectivity index (χ0n) is 21.8. The summed E-state index contributed by atoms with van der Waals surface area (Å²) >= 11 is 0. The van der Waals surface area contributed by atoms with Gasteiger partial charge in [-0.25, -0.2) is 19.0 Å². The summed E-state index contributed by atoms with van der Waals surface area (Å²) < 4.78 is 24.4. The van der Waals surface area contributed by atoms with E-state index in [1.54, 1.807) is 11.0 Å². The number of hydrogen-bond acceptors (Lipinski definition) is 8. The normalized spacial score (nSPS) is 19.5. The summed E-state index contributed by atoms with van der Waals surface area (Å²) in [5, 5.41) is 3.16. The second-order valence-electron chi connectivity index (χ2n) is 10.3. The Hall–Kier alpha value is -3.47. The molecule has 2 fully saturated rings. The first-order valence-corrected chi connectivity index (χ1v) is 12.5. The van der Waals surface area contributed by atoms with E-state index in [4.69, 9.17) is 9.47 Å². The summed E-state index contributed by atoms with van der Waals surface area (Å²) in [5.74, 6) is 0.644. The lowest BCUT2D eigenvalue weighted by Gasteiger charge is -2.35. The topological polar surface area (TPSA) is 100 Å². The van der Waals surface area contributed by atoms with E-state index < -0.39 is 23.9 Å². The molecule has 3 heterocycles. The van der Waals surface area contributed by atoms with E-state index in [2.05, 4.69) is 32.3 Å². The van der Waals surface area contributed by atoms with Crippen LogP contribution in [-0.2, 0) is 22.6 Å². The minimum Gasteiger partial charge on any atom is -0.447 e. The number of piperazine rings is 1. The molecule has 2 unspecified atom stereocenters. The second kappa shape index (κ2) is 11.3. The van der Waals surface area contributed by atoms with Crippen LogP contribution in [0, 0.1) is 0 Å². The summed E-state index contributed by atoms with van der Waals surface area (Å²) in [7, 11) is 0. The molecule has 2 amide bonds. The standard InChI is InChI=1S/C26H35FN6O4/c1-18(27)21-17-36-25(35)33(21)22-9-10-28-23(30-22)29-15-19-5-7-20(8-6-19)16-31-11-13-32(14-12-31)24(34)37-26(2,3)4/h5-10,18,21H,11-17H2,1-4H3,(H,28,29,30). The van der Waals surface area contributed by atoms with Crippen LogP contribution in [0.15, 0.2) is 36.5 Å². The molecule has 0 saturated carbocycles. The molecular formula is C26H35FN6O4. The van der Waals surface area contributed by atoms with E-state index in [-0.39, 0.29) is 12.7 Å². The molecule has 1 N–H and O–H groups in total. The number of nitrogens with one attached hydrogen (secondary N) is 1. The predicted octanol–water partition coefficient (Wildman–Crippen LogP) is 3.82. The van der Waals surface area contributed by atoms with Crippen LogP contribution in [0.25, 0.3) is 0 Å². The first kappa shape index (κ1) is 26.6. The van der Waals surface area contributed by atoms with Crippen molar-refractivity contribution in [3.63, 3.8) is 0 Å². The number of ether oxygens (including phenoxy) is 2. The smallest absolute Gasteiger partial charge is 0.416 e. The number of amides is 2. The van der Waals surface area contributed by atoms with Gasteiger partial charge in [-0.15, -0.1) is 0 Å². The van der Waals surface area contributed by atoms with E-state index in [1.807, 2.05) is 32.9 Å². The van der Waals surface area contributed by atoms with E-state index >= 15 is 0 Å². The van der Waals surface area contributed by atoms with Crippen molar-refractivity contribution in [2.45, 2.75) is 58.6 Å². The van der Waals surface area contributed by atoms with Gasteiger partial charge in [0.2, 0.25) is 5.95 Å². The van der Waals surface area contributed by atoms with Gasteiger partial charge in [0.05, 0.1) is 0 Å². The van der Waals surface area contributed by atoms with Gasteiger partial charge in [0.1, 0.15) is 30.2 Å². The number of carbonyl (C=O) groups excluding carboxylic acids is 2. The molecule has 1 aromatic carbocycles. The number of nitrogens with zero attached hydrogens (tertiary/aromatic N) is 5. The minimum absolute atomic E-state index is 0.00492. The fraction of sp³-hybridized carbons (Fsp3) is 0.538. The number of anilines is 2. The molecule has 0 spiro atoms. The van der Waals surface area contributed by atoms with Gasteiger partial charge >= 0.3 is 12.2 Å². The van der Waals surface area contributed by atoms with E-state index in [0.717, 1.165) is 25.2 Å². The third-order valence-corrected chi connectivity index (χ3v) is 6.23. The zero-order valence-corrected chi connectivity index (χ0v) is 21.8. The van der Waals surface area contributed by atoms with Gasteiger partial charge in [-0.1, -0.05) is 24.3 Å². The van der Waals surface area contributed by atoms with Gasteiger partial charge in [0.15, 0.2) is 0 Å². The average molecular weight is 515 g/mol. The van der Waals surface area contributed by atoms with Gasteiger partial charge < -0.3 is 19.7 Å². The number of aromatic nitrogens is 2. The lowest BCUT2D eigenvalue weighted by molar-refractivity contribution is 0.0139. The fourth-order valence-electron chi connectivity index (χ4n) is 4.22. The lowest BCUT2D eigenvalue weighted by atomic mass is 10.1. The van der Waals surface area contributed by atoms with Crippen molar-refractivity contribution >= 4 is 24.0 Å². The largest absolute Gasteiger partial charge is 0.447 e. The highest BCUT2D eigenvalue weighted by atomic mass is 19.1. The Morgan fingerprint density at radius 1 is 1.16 bits per heavy atom. The summed E-state index contributed by atoms with van der Waals surface area (Å²) in [6.07, 6.45) is -0.580. The van der Waals surface area contributed by atoms with Crippen molar-refractivity contribution in [1.29, 1.82) is 0 Å². The lowest BCUT2D eigenvalue weighted by Crippen LogP contribution is -2.49. The van der Waals surface area contributed by atoms with Gasteiger partial charge in [-0.3, -0.25) is 9.80 Å². The number of benzene rings is 1. The Balaban J connectivity index is 1.26. The van der Waals surface area contributed by atoms with E-state index in [9.17, 15) is 14.0 Å². The first-order valence-electron chi connectivity index (χ1n) is 12.5. The van der Waals surface area contributed by atoms with E-state index in [0.29, 0.717) is 31.4 Å². The highest BCUT2D eigenvalue weighted by Gasteiger charge is 2.39. The van der Waals surface area contributed by atoms with Crippen LogP contribution in [0.2, 0.25) is 0 Å². The van der Waals surface area contributed by atoms with Gasteiger partial charge in [0.25, 0.3) is 0 Å². The van der Waals surface area contributed by atoms with Crippen molar-refractivity contribution in [2.75, 3.05) is 43.0 Å². The highest BCUT2D eigenvalue weighted by Crippen LogP contribution is 2.25. The second-order valence-corrected chi connectivity index (χ2v) is 10.3. The van der Waals surface area contributed by atoms with Crippen molar-refractivity contribution in [3.05, 3.63) is 47.7 Å². The van der Waals surface area contributed by atoms with Crippen LogP contribution in [0.3, 0.4) is 0 Å². The molecule has 1 aromatic heterocycles. The third kappa shape index (κ3) is 7.06. The Bertz CT molecular complexity index is 1080. The van der Waals surface area contributed by atoms with Gasteiger partial charge in [-0.2, -0.15) is 4.98 Å². The summed E-state index contributed by atoms with van der Waals surface area (Å²) in [4.78, 5) is 38.2. The van der Waals surface area contributed by atoms with Crippen LogP contribution in [0.5, 0.6) is 0 Å². The maximum Gasteiger partial charge on any atom is 0.416 e. The molecule has 10 nitrogen and oxygen atoms in total. The molecule has 0 bridgehead atoms. The molecule has 4 rings (SSSR count). The molecule has 2 aromatic rings. The quantitative estimate of drug-likeness (QED) is 0.595. The fourth-order valence-corrected chi connectivity index (χ4v) is 4.22. The maximum absolute atomic E-state index is 13.9. The third-order valence-electron chi connectivity index (χ3n) is 6.23. The van der Waals surface area contributed by atoms with Crippen LogP contribution in [0.4, 0.5) is 25.7 Å². The van der Waals surface area contributed by atoms with Crippen molar-refractivity contribution in [3.8, 4) is 0 Å². The molecule has 11 heteroatoms. The van der Waals surface area contributed by atoms with Crippen LogP contribution < -0.4 is 10.2 Å². The molecule has 0 aliphatic carbocycles. The summed E-state index contributed by atoms with van der Waals surface area (Å²) in [5.41, 5.74) is 1.74. The summed E-state index contributed by atoms with van der Waals surface area (Å²) in [6, 6.07) is 9.12. The van der Waals surface area contributed by atoms with Gasteiger partial charge in [-0.05, 0) is 44.9 Å². The number of hydrogen-bond donors (Lipinski definition) is 1. The maximum atomic E-state index is 13.9. The van der Waals surface area contributed by atoms with Crippen molar-refractivity contribution in [1.82, 2.24) is 19.8 Å². The number of halogens is 1. The monoisotopic (exact) mass is 514 g/mol. The average Bonchev–Trinajstić information content (AvgIpc) is 3.25. The highest BCUT2D eigenvalue weighted by molar-refractivity contribution is 5.89. The molecule has 37 heavy (non-hydrogen) atoms. The van der Waals surface area contributed by atoms with Crippen molar-refractivity contribution < 1.29 is 23.5 Å². The van der Waals surface area contributed by atoms with Crippen LogP contribution >= 0.6 is 0 Å². The number of cyclic esters (lactones) is 1. The summed E-state index contributed by atoms with van der Waals surface area (Å²) in [6.45, 7) is 11.2. The Labute approximate surface area is 216 Å². The number of rotatable bonds is 7. The van der Waals surface area contributed by atoms with E-state index in [1.165, 1.54) is 23.6 Å². The first-order chi connectivity index (χ1) is 17.6. The number of alkyl halides is 1. The Morgan fingerprint density at radius 3 is 2.49 bits per heavy atom. The zero-order chi connectivity index (χ0) is 26.6. The molecule has 2 saturated heterocycles. The van der Waals surface area contributed by atoms with Crippen LogP contribution in [-0.4, -0.2) is 82.6 Å². The Morgan fingerprint density at radius 2 is 1.84 bits per heavy atom. The minimum atomic E-state index is -1.25. The number of carbonyl (C=O) groups is 2. The molecule has 2 atom stereocenters. The SMILES string of the molecule is CC(F)C1COC(=O)N1c1ccnc(NCc2ccc(CN3CCN(C(=O)OC(C)(C)C)CC3)cc2)n1. The van der Waals surface area contributed by atoms with Gasteiger partial charge in [0, 0.05) is 45.5 Å². The molecule has 2 aliphatic heterocycles.